The first-order valence-corrected chi connectivity index (χ1v) is 11.5. The molecule has 0 spiro atoms. The van der Waals surface area contributed by atoms with Gasteiger partial charge >= 0.3 is 0 Å². The van der Waals surface area contributed by atoms with Crippen molar-refractivity contribution in [3.8, 4) is 22.4 Å². The lowest BCUT2D eigenvalue weighted by Crippen LogP contribution is -1.91. The van der Waals surface area contributed by atoms with Gasteiger partial charge in [0.2, 0.25) is 0 Å². The van der Waals surface area contributed by atoms with E-state index in [9.17, 15) is 0 Å². The highest BCUT2D eigenvalue weighted by Crippen LogP contribution is 2.38. The summed E-state index contributed by atoms with van der Waals surface area (Å²) in [5, 5.41) is 7.27. The van der Waals surface area contributed by atoms with Gasteiger partial charge in [-0.05, 0) is 34.5 Å². The van der Waals surface area contributed by atoms with Gasteiger partial charge in [-0.1, -0.05) is 97.1 Å². The fourth-order valence-corrected chi connectivity index (χ4v) is 5.11. The van der Waals surface area contributed by atoms with Crippen LogP contribution in [-0.2, 0) is 0 Å². The number of hydrogen-bond donors (Lipinski definition) is 0. The minimum Gasteiger partial charge on any atom is -0.256 e. The fraction of sp³-hybridized carbons (Fsp3) is 0. The van der Waals surface area contributed by atoms with Gasteiger partial charge in [0.1, 0.15) is 0 Å². The molecule has 2 aromatic heterocycles. The highest BCUT2D eigenvalue weighted by Gasteiger charge is 2.14. The molecule has 0 amide bonds. The summed E-state index contributed by atoms with van der Waals surface area (Å²) in [7, 11) is 0. The Bertz CT molecular complexity index is 1850. The smallest absolute Gasteiger partial charge is 0.0788 e. The molecule has 0 atom stereocenters. The van der Waals surface area contributed by atoms with Crippen molar-refractivity contribution in [2.75, 3.05) is 0 Å². The van der Waals surface area contributed by atoms with Crippen LogP contribution in [0.5, 0.6) is 0 Å². The maximum Gasteiger partial charge on any atom is 0.0788 e. The fourth-order valence-electron chi connectivity index (χ4n) is 5.11. The molecular formula is C32H20N2. The number of pyridine rings is 2. The third-order valence-corrected chi connectivity index (χ3v) is 6.67. The molecule has 0 saturated heterocycles. The van der Waals surface area contributed by atoms with E-state index in [1.807, 2.05) is 12.3 Å². The molecule has 0 N–H and O–H groups in total. The van der Waals surface area contributed by atoms with Gasteiger partial charge < -0.3 is 0 Å². The van der Waals surface area contributed by atoms with Crippen LogP contribution in [0.3, 0.4) is 0 Å². The van der Waals surface area contributed by atoms with Crippen molar-refractivity contribution in [2.24, 2.45) is 0 Å². The standard InChI is InChI=1S/C32H20N2/c1-2-13-25-21(8-1)17-18-28-30(25)27-14-3-4-16-29(27)34-32(28)24-11-5-10-23(20-24)26-15-6-9-22-12-7-19-33-31(22)26/h1-20H. The Hall–Kier alpha value is -4.56. The molecule has 0 bridgehead atoms. The number of hydrogen-bond acceptors (Lipinski definition) is 2. The molecule has 0 aliphatic carbocycles. The van der Waals surface area contributed by atoms with Gasteiger partial charge in [0.05, 0.1) is 16.7 Å². The zero-order chi connectivity index (χ0) is 22.5. The number of aromatic nitrogens is 2. The summed E-state index contributed by atoms with van der Waals surface area (Å²) in [6.45, 7) is 0. The second kappa shape index (κ2) is 7.50. The third-order valence-electron chi connectivity index (χ3n) is 6.67. The summed E-state index contributed by atoms with van der Waals surface area (Å²) >= 11 is 0. The van der Waals surface area contributed by atoms with Crippen LogP contribution in [0.2, 0.25) is 0 Å². The van der Waals surface area contributed by atoms with Crippen molar-refractivity contribution in [1.29, 1.82) is 0 Å². The largest absolute Gasteiger partial charge is 0.256 e. The maximum atomic E-state index is 5.16. The Morgan fingerprint density at radius 3 is 2.24 bits per heavy atom. The highest BCUT2D eigenvalue weighted by molar-refractivity contribution is 6.22. The molecule has 0 unspecified atom stereocenters. The molecule has 2 nitrogen and oxygen atoms in total. The van der Waals surface area contributed by atoms with E-state index in [-0.39, 0.29) is 0 Å². The summed E-state index contributed by atoms with van der Waals surface area (Å²) in [4.78, 5) is 9.83. The van der Waals surface area contributed by atoms with E-state index in [0.29, 0.717) is 0 Å². The van der Waals surface area contributed by atoms with Crippen LogP contribution in [0.4, 0.5) is 0 Å². The molecule has 0 aliphatic heterocycles. The Labute approximate surface area is 197 Å². The molecule has 0 aliphatic rings. The second-order valence-electron chi connectivity index (χ2n) is 8.65. The van der Waals surface area contributed by atoms with E-state index in [1.54, 1.807) is 0 Å². The molecule has 2 heteroatoms. The van der Waals surface area contributed by atoms with E-state index in [0.717, 1.165) is 38.8 Å². The van der Waals surface area contributed by atoms with Crippen molar-refractivity contribution in [3.63, 3.8) is 0 Å². The molecule has 5 aromatic carbocycles. The highest BCUT2D eigenvalue weighted by atomic mass is 14.7. The van der Waals surface area contributed by atoms with E-state index in [4.69, 9.17) is 4.98 Å². The Kier molecular flexibility index (Phi) is 4.18. The lowest BCUT2D eigenvalue weighted by Gasteiger charge is -2.14. The van der Waals surface area contributed by atoms with Crippen molar-refractivity contribution in [1.82, 2.24) is 9.97 Å². The van der Waals surface area contributed by atoms with Gasteiger partial charge in [0, 0.05) is 38.9 Å². The topological polar surface area (TPSA) is 25.8 Å². The van der Waals surface area contributed by atoms with Crippen molar-refractivity contribution >= 4 is 43.4 Å². The van der Waals surface area contributed by atoms with Crippen molar-refractivity contribution in [3.05, 3.63) is 121 Å². The average molecular weight is 433 g/mol. The SMILES string of the molecule is c1cc(-c2nc3ccccc3c3c2ccc2ccccc23)cc(-c2cccc3cccnc23)c1. The van der Waals surface area contributed by atoms with Crippen molar-refractivity contribution < 1.29 is 0 Å². The molecule has 7 aromatic rings. The van der Waals surface area contributed by atoms with Gasteiger partial charge in [0.25, 0.3) is 0 Å². The van der Waals surface area contributed by atoms with Crippen molar-refractivity contribution in [2.45, 2.75) is 0 Å². The van der Waals surface area contributed by atoms with Crippen LogP contribution in [0.1, 0.15) is 0 Å². The Morgan fingerprint density at radius 1 is 0.500 bits per heavy atom. The number of fused-ring (bicyclic) bond motifs is 6. The first-order chi connectivity index (χ1) is 16.9. The molecule has 34 heavy (non-hydrogen) atoms. The average Bonchev–Trinajstić information content (AvgIpc) is 2.92. The molecule has 0 saturated carbocycles. The molecular weight excluding hydrogens is 412 g/mol. The summed E-state index contributed by atoms with van der Waals surface area (Å²) in [6, 6.07) is 40.6. The molecule has 0 fully saturated rings. The molecule has 2 heterocycles. The minimum atomic E-state index is 1.01. The Morgan fingerprint density at radius 2 is 1.26 bits per heavy atom. The summed E-state index contributed by atoms with van der Waals surface area (Å²) in [5.41, 5.74) is 6.43. The van der Waals surface area contributed by atoms with E-state index in [2.05, 4.69) is 114 Å². The first-order valence-electron chi connectivity index (χ1n) is 11.5. The van der Waals surface area contributed by atoms with Gasteiger partial charge in [-0.3, -0.25) is 4.98 Å². The van der Waals surface area contributed by atoms with Gasteiger partial charge in [-0.15, -0.1) is 0 Å². The van der Waals surface area contributed by atoms with E-state index in [1.165, 1.54) is 26.9 Å². The number of rotatable bonds is 2. The molecule has 158 valence electrons. The Balaban J connectivity index is 1.54. The first kappa shape index (κ1) is 19.0. The molecule has 0 radical (unpaired) electrons. The van der Waals surface area contributed by atoms with Crippen LogP contribution >= 0.6 is 0 Å². The van der Waals surface area contributed by atoms with E-state index >= 15 is 0 Å². The van der Waals surface area contributed by atoms with Gasteiger partial charge in [-0.2, -0.15) is 0 Å². The predicted molar refractivity (Wildman–Crippen MR) is 143 cm³/mol. The van der Waals surface area contributed by atoms with Crippen LogP contribution in [-0.4, -0.2) is 9.97 Å². The van der Waals surface area contributed by atoms with Crippen LogP contribution in [0.15, 0.2) is 121 Å². The van der Waals surface area contributed by atoms with Crippen LogP contribution in [0.25, 0.3) is 65.7 Å². The third kappa shape index (κ3) is 2.89. The lowest BCUT2D eigenvalue weighted by molar-refractivity contribution is 1.41. The molecule has 7 rings (SSSR count). The second-order valence-corrected chi connectivity index (χ2v) is 8.65. The lowest BCUT2D eigenvalue weighted by atomic mass is 9.94. The summed E-state index contributed by atoms with van der Waals surface area (Å²) in [6.07, 6.45) is 1.86. The quantitative estimate of drug-likeness (QED) is 0.256. The van der Waals surface area contributed by atoms with Gasteiger partial charge in [0.15, 0.2) is 0 Å². The van der Waals surface area contributed by atoms with E-state index < -0.39 is 0 Å². The monoisotopic (exact) mass is 432 g/mol. The zero-order valence-corrected chi connectivity index (χ0v) is 18.4. The van der Waals surface area contributed by atoms with Crippen LogP contribution < -0.4 is 0 Å². The van der Waals surface area contributed by atoms with Crippen LogP contribution in [0, 0.1) is 0 Å². The normalized spacial score (nSPS) is 11.5. The zero-order valence-electron chi connectivity index (χ0n) is 18.4. The minimum absolute atomic E-state index is 1.01. The van der Waals surface area contributed by atoms with Gasteiger partial charge in [-0.25, -0.2) is 4.98 Å². The number of para-hydroxylation sites is 2. The summed E-state index contributed by atoms with van der Waals surface area (Å²) in [5.74, 6) is 0. The number of nitrogens with zero attached hydrogens (tertiary/aromatic N) is 2. The maximum absolute atomic E-state index is 5.16. The summed E-state index contributed by atoms with van der Waals surface area (Å²) < 4.78 is 0. The number of benzene rings is 5. The predicted octanol–water partition coefficient (Wildman–Crippen LogP) is 8.42.